The molecule has 1 aliphatic rings. The molecule has 2 heterocycles. The van der Waals surface area contributed by atoms with Crippen LogP contribution in [0.4, 0.5) is 11.5 Å². The molecule has 0 saturated carbocycles. The van der Waals surface area contributed by atoms with Gasteiger partial charge < -0.3 is 4.90 Å². The largest absolute Gasteiger partial charge is 0.357 e. The number of piperidine rings is 1. The summed E-state index contributed by atoms with van der Waals surface area (Å²) in [5.74, 6) is 1.67. The number of aryl methyl sites for hydroxylation is 2. The van der Waals surface area contributed by atoms with Crippen LogP contribution in [0.3, 0.4) is 0 Å². The van der Waals surface area contributed by atoms with E-state index in [-0.39, 0.29) is 4.90 Å². The molecule has 0 radical (unpaired) electrons. The fourth-order valence-corrected chi connectivity index (χ4v) is 4.09. The van der Waals surface area contributed by atoms with Crippen LogP contribution in [0, 0.1) is 19.8 Å². The molecule has 0 bridgehead atoms. The molecule has 0 aliphatic carbocycles. The van der Waals surface area contributed by atoms with Crippen LogP contribution in [0.25, 0.3) is 0 Å². The van der Waals surface area contributed by atoms with Gasteiger partial charge in [0.2, 0.25) is 0 Å². The number of pyridine rings is 1. The molecule has 3 rings (SSSR count). The highest BCUT2D eigenvalue weighted by molar-refractivity contribution is 7.92. The molecule has 1 aromatic carbocycles. The lowest BCUT2D eigenvalue weighted by Crippen LogP contribution is -2.33. The maximum atomic E-state index is 12.5. The minimum absolute atomic E-state index is 0.268. The standard InChI is InChI=1S/C19H25N3O2S/c1-14-8-10-22(11-9-14)19-7-5-17(13-20-19)21-25(23,24)18-6-4-15(2)16(3)12-18/h4-7,12-14,21H,8-11H2,1-3H3. The second kappa shape index (κ2) is 7.04. The van der Waals surface area contributed by atoms with Gasteiger partial charge in [-0.25, -0.2) is 13.4 Å². The number of nitrogens with zero attached hydrogens (tertiary/aromatic N) is 2. The van der Waals surface area contributed by atoms with Crippen LogP contribution < -0.4 is 9.62 Å². The number of benzene rings is 1. The summed E-state index contributed by atoms with van der Waals surface area (Å²) in [6.45, 7) is 8.15. The number of hydrogen-bond acceptors (Lipinski definition) is 4. The van der Waals surface area contributed by atoms with Crippen molar-refractivity contribution >= 4 is 21.5 Å². The van der Waals surface area contributed by atoms with Crippen molar-refractivity contribution < 1.29 is 8.42 Å². The Morgan fingerprint density at radius 2 is 1.80 bits per heavy atom. The number of rotatable bonds is 4. The van der Waals surface area contributed by atoms with E-state index >= 15 is 0 Å². The Hall–Kier alpha value is -2.08. The van der Waals surface area contributed by atoms with Crippen molar-refractivity contribution in [3.05, 3.63) is 47.7 Å². The average Bonchev–Trinajstić information content (AvgIpc) is 2.58. The van der Waals surface area contributed by atoms with E-state index < -0.39 is 10.0 Å². The average molecular weight is 359 g/mol. The SMILES string of the molecule is Cc1ccc(S(=O)(=O)Nc2ccc(N3CCC(C)CC3)nc2)cc1C. The van der Waals surface area contributed by atoms with Gasteiger partial charge in [-0.2, -0.15) is 0 Å². The highest BCUT2D eigenvalue weighted by Crippen LogP contribution is 2.23. The van der Waals surface area contributed by atoms with Crippen molar-refractivity contribution in [3.63, 3.8) is 0 Å². The van der Waals surface area contributed by atoms with Crippen LogP contribution in [0.15, 0.2) is 41.4 Å². The van der Waals surface area contributed by atoms with Crippen molar-refractivity contribution in [3.8, 4) is 0 Å². The predicted octanol–water partition coefficient (Wildman–Crippen LogP) is 3.74. The van der Waals surface area contributed by atoms with Crippen molar-refractivity contribution in [2.75, 3.05) is 22.7 Å². The number of nitrogens with one attached hydrogen (secondary N) is 1. The Morgan fingerprint density at radius 1 is 1.08 bits per heavy atom. The van der Waals surface area contributed by atoms with E-state index in [1.807, 2.05) is 26.0 Å². The molecule has 1 aliphatic heterocycles. The number of aromatic nitrogens is 1. The van der Waals surface area contributed by atoms with Crippen molar-refractivity contribution in [2.45, 2.75) is 38.5 Å². The Kier molecular flexibility index (Phi) is 4.99. The molecule has 134 valence electrons. The number of sulfonamides is 1. The van der Waals surface area contributed by atoms with Crippen LogP contribution >= 0.6 is 0 Å². The van der Waals surface area contributed by atoms with Gasteiger partial charge in [-0.3, -0.25) is 4.72 Å². The zero-order valence-corrected chi connectivity index (χ0v) is 15.8. The zero-order chi connectivity index (χ0) is 18.0. The Morgan fingerprint density at radius 3 is 2.40 bits per heavy atom. The first-order chi connectivity index (χ1) is 11.8. The van der Waals surface area contributed by atoms with Gasteiger partial charge in [0.1, 0.15) is 5.82 Å². The third-order valence-electron chi connectivity index (χ3n) is 4.90. The molecule has 0 atom stereocenters. The van der Waals surface area contributed by atoms with E-state index in [1.165, 1.54) is 12.8 Å². The summed E-state index contributed by atoms with van der Waals surface area (Å²) in [7, 11) is -3.60. The second-order valence-electron chi connectivity index (χ2n) is 6.93. The molecular formula is C19H25N3O2S. The lowest BCUT2D eigenvalue weighted by molar-refractivity contribution is 0.436. The topological polar surface area (TPSA) is 62.3 Å². The smallest absolute Gasteiger partial charge is 0.261 e. The molecule has 0 spiro atoms. The summed E-state index contributed by atoms with van der Waals surface area (Å²) in [5, 5.41) is 0. The highest BCUT2D eigenvalue weighted by Gasteiger charge is 2.18. The predicted molar refractivity (Wildman–Crippen MR) is 102 cm³/mol. The van der Waals surface area contributed by atoms with E-state index in [2.05, 4.69) is 21.5 Å². The summed E-state index contributed by atoms with van der Waals surface area (Å²) < 4.78 is 27.7. The monoisotopic (exact) mass is 359 g/mol. The molecule has 1 aromatic heterocycles. The van der Waals surface area contributed by atoms with Crippen molar-refractivity contribution in [1.82, 2.24) is 4.98 Å². The van der Waals surface area contributed by atoms with Crippen LogP contribution in [-0.2, 0) is 10.0 Å². The van der Waals surface area contributed by atoms with Crippen molar-refractivity contribution in [2.24, 2.45) is 5.92 Å². The summed E-state index contributed by atoms with van der Waals surface area (Å²) in [5.41, 5.74) is 2.50. The normalized spacial score (nSPS) is 16.0. The molecule has 25 heavy (non-hydrogen) atoms. The van der Waals surface area contributed by atoms with Crippen LogP contribution in [0.1, 0.15) is 30.9 Å². The maximum Gasteiger partial charge on any atom is 0.261 e. The van der Waals surface area contributed by atoms with Gasteiger partial charge in [-0.05, 0) is 68.0 Å². The first-order valence-electron chi connectivity index (χ1n) is 8.66. The van der Waals surface area contributed by atoms with E-state index in [1.54, 1.807) is 24.4 Å². The van der Waals surface area contributed by atoms with Gasteiger partial charge in [0.25, 0.3) is 10.0 Å². The fraction of sp³-hybridized carbons (Fsp3) is 0.421. The van der Waals surface area contributed by atoms with E-state index in [9.17, 15) is 8.42 Å². The summed E-state index contributed by atoms with van der Waals surface area (Å²) in [6, 6.07) is 8.80. The summed E-state index contributed by atoms with van der Waals surface area (Å²) in [4.78, 5) is 6.96. The van der Waals surface area contributed by atoms with Crippen LogP contribution in [0.2, 0.25) is 0 Å². The van der Waals surface area contributed by atoms with E-state index in [4.69, 9.17) is 0 Å². The summed E-state index contributed by atoms with van der Waals surface area (Å²) in [6.07, 6.45) is 3.93. The molecule has 0 amide bonds. The highest BCUT2D eigenvalue weighted by atomic mass is 32.2. The number of anilines is 2. The fourth-order valence-electron chi connectivity index (χ4n) is 2.97. The van der Waals surface area contributed by atoms with Gasteiger partial charge >= 0.3 is 0 Å². The van der Waals surface area contributed by atoms with Gasteiger partial charge in [-0.15, -0.1) is 0 Å². The molecule has 1 N–H and O–H groups in total. The first kappa shape index (κ1) is 17.7. The Balaban J connectivity index is 1.73. The minimum atomic E-state index is -3.60. The molecule has 5 nitrogen and oxygen atoms in total. The lowest BCUT2D eigenvalue weighted by atomic mass is 9.99. The molecule has 1 saturated heterocycles. The van der Waals surface area contributed by atoms with Gasteiger partial charge in [-0.1, -0.05) is 13.0 Å². The molecule has 2 aromatic rings. The zero-order valence-electron chi connectivity index (χ0n) is 15.0. The minimum Gasteiger partial charge on any atom is -0.357 e. The van der Waals surface area contributed by atoms with E-state index in [0.29, 0.717) is 5.69 Å². The summed E-state index contributed by atoms with van der Waals surface area (Å²) >= 11 is 0. The third kappa shape index (κ3) is 4.12. The molecular weight excluding hydrogens is 334 g/mol. The number of hydrogen-bond donors (Lipinski definition) is 1. The van der Waals surface area contributed by atoms with Gasteiger partial charge in [0, 0.05) is 13.1 Å². The Bertz CT molecular complexity index is 839. The van der Waals surface area contributed by atoms with Gasteiger partial charge in [0.05, 0.1) is 16.8 Å². The first-order valence-corrected chi connectivity index (χ1v) is 10.1. The maximum absolute atomic E-state index is 12.5. The second-order valence-corrected chi connectivity index (χ2v) is 8.61. The van der Waals surface area contributed by atoms with Gasteiger partial charge in [0.15, 0.2) is 0 Å². The van der Waals surface area contributed by atoms with Crippen LogP contribution in [-0.4, -0.2) is 26.5 Å². The van der Waals surface area contributed by atoms with Crippen LogP contribution in [0.5, 0.6) is 0 Å². The van der Waals surface area contributed by atoms with Crippen molar-refractivity contribution in [1.29, 1.82) is 0 Å². The third-order valence-corrected chi connectivity index (χ3v) is 6.28. The van der Waals surface area contributed by atoms with E-state index in [0.717, 1.165) is 36.0 Å². The molecule has 1 fully saturated rings. The molecule has 0 unspecified atom stereocenters. The quantitative estimate of drug-likeness (QED) is 0.903. The molecule has 6 heteroatoms. The Labute approximate surface area is 150 Å². The lowest BCUT2D eigenvalue weighted by Gasteiger charge is -2.31.